The highest BCUT2D eigenvalue weighted by Crippen LogP contribution is 2.27. The van der Waals surface area contributed by atoms with E-state index in [0.717, 1.165) is 24.3 Å². The molecule has 0 saturated carbocycles. The summed E-state index contributed by atoms with van der Waals surface area (Å²) in [6.07, 6.45) is 0. The van der Waals surface area contributed by atoms with Crippen molar-refractivity contribution in [1.82, 2.24) is 0 Å². The molecule has 0 aliphatic rings. The second-order valence-corrected chi connectivity index (χ2v) is 4.66. The Morgan fingerprint density at radius 3 is 2.00 bits per heavy atom. The minimum absolute atomic E-state index is 0.00317. The Bertz CT molecular complexity index is 521. The van der Waals surface area contributed by atoms with Crippen LogP contribution in [0.25, 0.3) is 0 Å². The summed E-state index contributed by atoms with van der Waals surface area (Å²) in [5, 5.41) is -0.824. The van der Waals surface area contributed by atoms with Gasteiger partial charge in [0.2, 0.25) is 0 Å². The molecule has 17 heavy (non-hydrogen) atoms. The molecule has 0 bridgehead atoms. The van der Waals surface area contributed by atoms with Crippen LogP contribution in [0.1, 0.15) is 10.4 Å². The average molecular weight is 289 g/mol. The zero-order valence-corrected chi connectivity index (χ0v) is 9.43. The van der Waals surface area contributed by atoms with Gasteiger partial charge in [-0.25, -0.2) is 0 Å². The minimum Gasteiger partial charge on any atom is -0.376 e. The lowest BCUT2D eigenvalue weighted by Gasteiger charge is -2.09. The molecule has 0 spiro atoms. The standard InChI is InChI=1S/C8H4ClF3O4S/c9-7(13)5-1-3-6(4-2-5)16-17(14,15)8(10,11)12/h1-4H. The van der Waals surface area contributed by atoms with Gasteiger partial charge in [0.1, 0.15) is 5.75 Å². The number of carbonyl (C=O) groups excluding carboxylic acids is 1. The van der Waals surface area contributed by atoms with Crippen molar-refractivity contribution >= 4 is 27.0 Å². The maximum atomic E-state index is 11.9. The third-order valence-electron chi connectivity index (χ3n) is 1.57. The second-order valence-electron chi connectivity index (χ2n) is 2.78. The van der Waals surface area contributed by atoms with Crippen LogP contribution >= 0.6 is 11.6 Å². The smallest absolute Gasteiger partial charge is 0.376 e. The lowest BCUT2D eigenvalue weighted by atomic mass is 10.2. The molecule has 0 saturated heterocycles. The SMILES string of the molecule is O=C(Cl)c1ccc(OS(=O)(=O)C(F)(F)F)cc1. The van der Waals surface area contributed by atoms with E-state index in [2.05, 4.69) is 4.18 Å². The summed E-state index contributed by atoms with van der Waals surface area (Å²) < 4.78 is 60.8. The van der Waals surface area contributed by atoms with Crippen LogP contribution in [-0.2, 0) is 10.1 Å². The van der Waals surface area contributed by atoms with E-state index in [4.69, 9.17) is 11.6 Å². The molecule has 1 rings (SSSR count). The van der Waals surface area contributed by atoms with E-state index in [0.29, 0.717) is 0 Å². The van der Waals surface area contributed by atoms with Crippen molar-refractivity contribution in [3.8, 4) is 5.75 Å². The molecule has 0 fully saturated rings. The van der Waals surface area contributed by atoms with E-state index in [1.807, 2.05) is 0 Å². The minimum atomic E-state index is -5.70. The Hall–Kier alpha value is -1.28. The van der Waals surface area contributed by atoms with Crippen molar-refractivity contribution in [1.29, 1.82) is 0 Å². The van der Waals surface area contributed by atoms with Gasteiger partial charge in [0.15, 0.2) is 0 Å². The number of hydrogen-bond donors (Lipinski definition) is 0. The molecule has 1 aromatic rings. The first kappa shape index (κ1) is 13.8. The lowest BCUT2D eigenvalue weighted by molar-refractivity contribution is -0.0500. The summed E-state index contributed by atoms with van der Waals surface area (Å²) in [5.41, 5.74) is -5.50. The molecule has 0 atom stereocenters. The fourth-order valence-electron chi connectivity index (χ4n) is 0.815. The van der Waals surface area contributed by atoms with Crippen LogP contribution in [-0.4, -0.2) is 19.2 Å². The highest BCUT2D eigenvalue weighted by molar-refractivity contribution is 7.87. The molecule has 1 aromatic carbocycles. The van der Waals surface area contributed by atoms with Gasteiger partial charge >= 0.3 is 15.6 Å². The van der Waals surface area contributed by atoms with Crippen molar-refractivity contribution in [2.45, 2.75) is 5.51 Å². The van der Waals surface area contributed by atoms with E-state index in [1.165, 1.54) is 0 Å². The number of hydrogen-bond acceptors (Lipinski definition) is 4. The topological polar surface area (TPSA) is 60.4 Å². The maximum Gasteiger partial charge on any atom is 0.534 e. The maximum absolute atomic E-state index is 11.9. The third-order valence-corrected chi connectivity index (χ3v) is 2.77. The van der Waals surface area contributed by atoms with Crippen molar-refractivity contribution < 1.29 is 30.6 Å². The Balaban J connectivity index is 2.95. The normalized spacial score (nSPS) is 12.2. The first-order valence-electron chi connectivity index (χ1n) is 3.94. The predicted octanol–water partition coefficient (Wildman–Crippen LogP) is 2.29. The number of alkyl halides is 3. The molecule has 4 nitrogen and oxygen atoms in total. The van der Waals surface area contributed by atoms with Crippen LogP contribution in [0.5, 0.6) is 5.75 Å². The Morgan fingerprint density at radius 1 is 1.18 bits per heavy atom. The van der Waals surface area contributed by atoms with Crippen molar-refractivity contribution in [3.05, 3.63) is 29.8 Å². The van der Waals surface area contributed by atoms with Gasteiger partial charge in [-0.1, -0.05) is 0 Å². The molecule has 94 valence electrons. The Labute approximate surface area is 99.1 Å². The molecular weight excluding hydrogens is 285 g/mol. The molecule has 0 radical (unpaired) electrons. The van der Waals surface area contributed by atoms with E-state index in [-0.39, 0.29) is 5.56 Å². The van der Waals surface area contributed by atoms with Crippen molar-refractivity contribution in [2.75, 3.05) is 0 Å². The van der Waals surface area contributed by atoms with Crippen molar-refractivity contribution in [3.63, 3.8) is 0 Å². The summed E-state index contributed by atoms with van der Waals surface area (Å²) in [4.78, 5) is 10.6. The van der Waals surface area contributed by atoms with Gasteiger partial charge in [0.05, 0.1) is 0 Å². The van der Waals surface area contributed by atoms with Gasteiger partial charge in [-0.05, 0) is 35.9 Å². The number of carbonyl (C=O) groups is 1. The van der Waals surface area contributed by atoms with Gasteiger partial charge in [-0.2, -0.15) is 21.6 Å². The van der Waals surface area contributed by atoms with Crippen LogP contribution in [0.15, 0.2) is 24.3 Å². The van der Waals surface area contributed by atoms with Gasteiger partial charge < -0.3 is 4.18 Å². The molecule has 0 heterocycles. The summed E-state index contributed by atoms with van der Waals surface area (Å²) >= 11 is 5.08. The number of benzene rings is 1. The van der Waals surface area contributed by atoms with Gasteiger partial charge in [-0.15, -0.1) is 0 Å². The highest BCUT2D eigenvalue weighted by Gasteiger charge is 2.48. The summed E-state index contributed by atoms with van der Waals surface area (Å²) in [5.74, 6) is -0.566. The molecule has 0 unspecified atom stereocenters. The zero-order valence-electron chi connectivity index (χ0n) is 7.86. The molecule has 0 aliphatic heterocycles. The molecule has 0 amide bonds. The summed E-state index contributed by atoms with van der Waals surface area (Å²) in [7, 11) is -5.70. The van der Waals surface area contributed by atoms with E-state index in [9.17, 15) is 26.4 Å². The molecule has 0 aliphatic carbocycles. The zero-order chi connectivity index (χ0) is 13.3. The summed E-state index contributed by atoms with van der Waals surface area (Å²) in [6, 6.07) is 3.85. The van der Waals surface area contributed by atoms with Crippen LogP contribution in [0.2, 0.25) is 0 Å². The fraction of sp³-hybridized carbons (Fsp3) is 0.125. The predicted molar refractivity (Wildman–Crippen MR) is 52.2 cm³/mol. The van der Waals surface area contributed by atoms with E-state index < -0.39 is 26.6 Å². The van der Waals surface area contributed by atoms with Crippen molar-refractivity contribution in [2.24, 2.45) is 0 Å². The third kappa shape index (κ3) is 3.34. The van der Waals surface area contributed by atoms with Gasteiger partial charge in [-0.3, -0.25) is 4.79 Å². The first-order valence-corrected chi connectivity index (χ1v) is 5.73. The Kier molecular flexibility index (Phi) is 3.68. The van der Waals surface area contributed by atoms with Crippen LogP contribution < -0.4 is 4.18 Å². The van der Waals surface area contributed by atoms with Crippen LogP contribution in [0.4, 0.5) is 13.2 Å². The number of rotatable bonds is 3. The largest absolute Gasteiger partial charge is 0.534 e. The van der Waals surface area contributed by atoms with E-state index >= 15 is 0 Å². The molecule has 0 aromatic heterocycles. The van der Waals surface area contributed by atoms with Crippen LogP contribution in [0, 0.1) is 0 Å². The molecular formula is C8H4ClF3O4S. The first-order chi connectivity index (χ1) is 7.63. The second kappa shape index (κ2) is 4.53. The lowest BCUT2D eigenvalue weighted by Crippen LogP contribution is -2.28. The Morgan fingerprint density at radius 2 is 1.65 bits per heavy atom. The van der Waals surface area contributed by atoms with Crippen LogP contribution in [0.3, 0.4) is 0 Å². The number of halogens is 4. The summed E-state index contributed by atoms with van der Waals surface area (Å²) in [6.45, 7) is 0. The monoisotopic (exact) mass is 288 g/mol. The van der Waals surface area contributed by atoms with Gasteiger partial charge in [0, 0.05) is 5.56 Å². The quantitative estimate of drug-likeness (QED) is 0.486. The molecule has 9 heteroatoms. The highest BCUT2D eigenvalue weighted by atomic mass is 35.5. The van der Waals surface area contributed by atoms with E-state index in [1.54, 1.807) is 0 Å². The average Bonchev–Trinajstić information content (AvgIpc) is 2.16. The molecule has 0 N–H and O–H groups in total. The van der Waals surface area contributed by atoms with Gasteiger partial charge in [0.25, 0.3) is 5.24 Å². The fourth-order valence-corrected chi connectivity index (χ4v) is 1.40.